The molecule has 0 aliphatic carbocycles. The molecule has 33 heavy (non-hydrogen) atoms. The lowest BCUT2D eigenvalue weighted by molar-refractivity contribution is -0.132. The van der Waals surface area contributed by atoms with Crippen LogP contribution in [0.15, 0.2) is 90.0 Å². The van der Waals surface area contributed by atoms with Gasteiger partial charge < -0.3 is 9.47 Å². The second-order valence-corrected chi connectivity index (χ2v) is 7.56. The molecule has 0 bridgehead atoms. The number of carbonyl (C=O) groups excluding carboxylic acids is 2. The summed E-state index contributed by atoms with van der Waals surface area (Å²) < 4.78 is 10.6. The van der Waals surface area contributed by atoms with Crippen LogP contribution in [0.3, 0.4) is 0 Å². The van der Waals surface area contributed by atoms with Gasteiger partial charge >= 0.3 is 5.97 Å². The smallest absolute Gasteiger partial charge is 0.308 e. The standard InChI is InChI=1S/C27H24N2O4/c1-19(30)33-26-11-7-6-10-23(26)24-18-25(21-13-15-22(32-2)16-14-21)29(28-24)27(31)17-12-20-8-4-3-5-9-20/h3-17,25H,18H2,1-2H3/b17-12+/t25-/m0/s1. The number of rotatable bonds is 6. The van der Waals surface area contributed by atoms with Gasteiger partial charge in [-0.25, -0.2) is 5.01 Å². The predicted octanol–water partition coefficient (Wildman–Crippen LogP) is 5.01. The third-order valence-electron chi connectivity index (χ3n) is 5.31. The second-order valence-electron chi connectivity index (χ2n) is 7.56. The molecule has 0 N–H and O–H groups in total. The molecule has 6 heteroatoms. The molecule has 6 nitrogen and oxygen atoms in total. The maximum Gasteiger partial charge on any atom is 0.308 e. The first-order valence-corrected chi connectivity index (χ1v) is 10.6. The molecule has 1 atom stereocenters. The fourth-order valence-electron chi connectivity index (χ4n) is 3.72. The number of amides is 1. The Bertz CT molecular complexity index is 1200. The fourth-order valence-corrected chi connectivity index (χ4v) is 3.72. The number of benzene rings is 3. The lowest BCUT2D eigenvalue weighted by Gasteiger charge is -2.21. The summed E-state index contributed by atoms with van der Waals surface area (Å²) in [6.45, 7) is 1.36. The Morgan fingerprint density at radius 2 is 1.67 bits per heavy atom. The van der Waals surface area contributed by atoms with E-state index in [-0.39, 0.29) is 11.9 Å². The first-order chi connectivity index (χ1) is 16.0. The zero-order valence-electron chi connectivity index (χ0n) is 18.5. The molecule has 0 fully saturated rings. The van der Waals surface area contributed by atoms with Crippen LogP contribution >= 0.6 is 0 Å². The monoisotopic (exact) mass is 440 g/mol. The molecule has 0 saturated heterocycles. The van der Waals surface area contributed by atoms with E-state index in [4.69, 9.17) is 9.47 Å². The highest BCUT2D eigenvalue weighted by Crippen LogP contribution is 2.35. The average Bonchev–Trinajstić information content (AvgIpc) is 3.28. The normalized spacial score (nSPS) is 15.4. The molecule has 1 amide bonds. The van der Waals surface area contributed by atoms with Crippen molar-refractivity contribution < 1.29 is 19.1 Å². The Morgan fingerprint density at radius 3 is 2.36 bits per heavy atom. The summed E-state index contributed by atoms with van der Waals surface area (Å²) in [5.41, 5.74) is 3.22. The molecule has 0 unspecified atom stereocenters. The van der Waals surface area contributed by atoms with E-state index in [1.165, 1.54) is 18.0 Å². The lowest BCUT2D eigenvalue weighted by Crippen LogP contribution is -2.25. The first-order valence-electron chi connectivity index (χ1n) is 10.6. The van der Waals surface area contributed by atoms with Gasteiger partial charge in [0.2, 0.25) is 0 Å². The Hall–Kier alpha value is -4.19. The summed E-state index contributed by atoms with van der Waals surface area (Å²) in [5, 5.41) is 6.15. The summed E-state index contributed by atoms with van der Waals surface area (Å²) >= 11 is 0. The molecule has 0 saturated carbocycles. The molecule has 0 aromatic heterocycles. The van der Waals surface area contributed by atoms with Crippen molar-refractivity contribution in [2.45, 2.75) is 19.4 Å². The molecule has 0 radical (unpaired) electrons. The zero-order chi connectivity index (χ0) is 23.2. The minimum atomic E-state index is -0.411. The van der Waals surface area contributed by atoms with E-state index >= 15 is 0 Å². The van der Waals surface area contributed by atoms with E-state index in [1.54, 1.807) is 25.3 Å². The molecule has 0 spiro atoms. The molecular formula is C27H24N2O4. The van der Waals surface area contributed by atoms with Crippen LogP contribution in [-0.4, -0.2) is 29.7 Å². The van der Waals surface area contributed by atoms with Crippen LogP contribution in [-0.2, 0) is 9.59 Å². The Morgan fingerprint density at radius 1 is 0.970 bits per heavy atom. The molecule has 166 valence electrons. The van der Waals surface area contributed by atoms with Crippen LogP contribution in [0.25, 0.3) is 6.08 Å². The quantitative estimate of drug-likeness (QED) is 0.307. The number of hydrogen-bond donors (Lipinski definition) is 0. The van der Waals surface area contributed by atoms with Gasteiger partial charge in [-0.2, -0.15) is 5.10 Å². The van der Waals surface area contributed by atoms with Gasteiger partial charge in [-0.05, 0) is 41.5 Å². The highest BCUT2D eigenvalue weighted by molar-refractivity contribution is 6.06. The van der Waals surface area contributed by atoms with Crippen molar-refractivity contribution in [2.75, 3.05) is 7.11 Å². The minimum Gasteiger partial charge on any atom is -0.497 e. The molecule has 3 aromatic rings. The first kappa shape index (κ1) is 22.0. The van der Waals surface area contributed by atoms with Crippen molar-refractivity contribution in [3.63, 3.8) is 0 Å². The highest BCUT2D eigenvalue weighted by atomic mass is 16.5. The van der Waals surface area contributed by atoms with Crippen molar-refractivity contribution >= 4 is 23.7 Å². The summed E-state index contributed by atoms with van der Waals surface area (Å²) in [4.78, 5) is 24.8. The second kappa shape index (κ2) is 9.96. The maximum absolute atomic E-state index is 13.2. The van der Waals surface area contributed by atoms with E-state index < -0.39 is 5.97 Å². The van der Waals surface area contributed by atoms with Crippen LogP contribution in [0.1, 0.15) is 36.1 Å². The van der Waals surface area contributed by atoms with Crippen molar-refractivity contribution in [1.82, 2.24) is 5.01 Å². The number of carbonyl (C=O) groups is 2. The van der Waals surface area contributed by atoms with Crippen LogP contribution in [0, 0.1) is 0 Å². The molecule has 3 aromatic carbocycles. The van der Waals surface area contributed by atoms with E-state index in [1.807, 2.05) is 66.7 Å². The van der Waals surface area contributed by atoms with E-state index in [0.717, 1.165) is 16.9 Å². The number of nitrogens with zero attached hydrogens (tertiary/aromatic N) is 2. The van der Waals surface area contributed by atoms with E-state index in [9.17, 15) is 9.59 Å². The summed E-state index contributed by atoms with van der Waals surface area (Å²) in [6.07, 6.45) is 3.78. The largest absolute Gasteiger partial charge is 0.497 e. The number of para-hydroxylation sites is 1. The molecule has 1 aliphatic rings. The molecular weight excluding hydrogens is 416 g/mol. The number of ether oxygens (including phenoxy) is 2. The van der Waals surface area contributed by atoms with Gasteiger partial charge in [0.25, 0.3) is 5.91 Å². The Kier molecular flexibility index (Phi) is 6.64. The third kappa shape index (κ3) is 5.18. The molecule has 4 rings (SSSR count). The van der Waals surface area contributed by atoms with Gasteiger partial charge in [-0.1, -0.05) is 54.6 Å². The van der Waals surface area contributed by atoms with Crippen LogP contribution in [0.5, 0.6) is 11.5 Å². The van der Waals surface area contributed by atoms with E-state index in [0.29, 0.717) is 23.4 Å². The summed E-state index contributed by atoms with van der Waals surface area (Å²) in [5.74, 6) is 0.511. The Labute approximate surface area is 192 Å². The number of esters is 1. The van der Waals surface area contributed by atoms with Crippen molar-refractivity contribution in [3.8, 4) is 11.5 Å². The van der Waals surface area contributed by atoms with Crippen molar-refractivity contribution in [2.24, 2.45) is 5.10 Å². The summed E-state index contributed by atoms with van der Waals surface area (Å²) in [6, 6.07) is 24.1. The lowest BCUT2D eigenvalue weighted by atomic mass is 9.97. The topological polar surface area (TPSA) is 68.2 Å². The van der Waals surface area contributed by atoms with Gasteiger partial charge in [0, 0.05) is 25.0 Å². The fraction of sp³-hybridized carbons (Fsp3) is 0.148. The van der Waals surface area contributed by atoms with Crippen molar-refractivity contribution in [1.29, 1.82) is 0 Å². The van der Waals surface area contributed by atoms with Gasteiger partial charge in [0.05, 0.1) is 18.9 Å². The SMILES string of the molecule is COc1ccc([C@@H]2CC(c3ccccc3OC(C)=O)=NN2C(=O)/C=C/c2ccccc2)cc1. The van der Waals surface area contributed by atoms with E-state index in [2.05, 4.69) is 5.10 Å². The predicted molar refractivity (Wildman–Crippen MR) is 127 cm³/mol. The molecule has 1 heterocycles. The van der Waals surface area contributed by atoms with Gasteiger partial charge in [0.15, 0.2) is 0 Å². The summed E-state index contributed by atoms with van der Waals surface area (Å²) in [7, 11) is 1.61. The van der Waals surface area contributed by atoms with Crippen molar-refractivity contribution in [3.05, 3.63) is 102 Å². The van der Waals surface area contributed by atoms with Crippen LogP contribution in [0.2, 0.25) is 0 Å². The zero-order valence-corrected chi connectivity index (χ0v) is 18.5. The third-order valence-corrected chi connectivity index (χ3v) is 5.31. The Balaban J connectivity index is 1.68. The van der Waals surface area contributed by atoms with Crippen LogP contribution < -0.4 is 9.47 Å². The minimum absolute atomic E-state index is 0.236. The average molecular weight is 440 g/mol. The maximum atomic E-state index is 13.2. The van der Waals surface area contributed by atoms with Gasteiger partial charge in [-0.15, -0.1) is 0 Å². The molecule has 1 aliphatic heterocycles. The van der Waals surface area contributed by atoms with Gasteiger partial charge in [-0.3, -0.25) is 9.59 Å². The number of hydrogen-bond acceptors (Lipinski definition) is 5. The van der Waals surface area contributed by atoms with Crippen LogP contribution in [0.4, 0.5) is 0 Å². The number of hydrazone groups is 1. The van der Waals surface area contributed by atoms with Gasteiger partial charge in [0.1, 0.15) is 11.5 Å². The number of methoxy groups -OCH3 is 1. The highest BCUT2D eigenvalue weighted by Gasteiger charge is 2.33.